The minimum Gasteiger partial charge on any atom is -0.372 e. The van der Waals surface area contributed by atoms with Gasteiger partial charge in [0.05, 0.1) is 11.7 Å². The molecule has 4 rings (SSSR count). The molecular formula is C22H30N4O2. The number of amides is 1. The monoisotopic (exact) mass is 382 g/mol. The van der Waals surface area contributed by atoms with Gasteiger partial charge in [-0.05, 0) is 71.4 Å². The van der Waals surface area contributed by atoms with Gasteiger partial charge in [0.1, 0.15) is 5.52 Å². The molecule has 1 amide bonds. The smallest absolute Gasteiger partial charge is 0.230 e. The lowest BCUT2D eigenvalue weighted by molar-refractivity contribution is -0.115. The van der Waals surface area contributed by atoms with E-state index in [4.69, 9.17) is 4.74 Å². The Hall–Kier alpha value is -2.21. The second-order valence-electron chi connectivity index (χ2n) is 8.90. The Bertz CT molecular complexity index is 911. The van der Waals surface area contributed by atoms with E-state index >= 15 is 0 Å². The largest absolute Gasteiger partial charge is 0.372 e. The maximum absolute atomic E-state index is 12.7. The van der Waals surface area contributed by atoms with Crippen LogP contribution in [0, 0.1) is 6.92 Å². The van der Waals surface area contributed by atoms with Gasteiger partial charge in [-0.25, -0.2) is 9.97 Å². The lowest BCUT2D eigenvalue weighted by Gasteiger charge is -2.28. The van der Waals surface area contributed by atoms with E-state index in [1.54, 1.807) is 0 Å². The van der Waals surface area contributed by atoms with Gasteiger partial charge < -0.3 is 4.74 Å². The second kappa shape index (κ2) is 7.32. The number of carbonyl (C=O) groups is 1. The third kappa shape index (κ3) is 3.97. The van der Waals surface area contributed by atoms with Crippen LogP contribution in [0.15, 0.2) is 24.3 Å². The van der Waals surface area contributed by atoms with Crippen LogP contribution >= 0.6 is 0 Å². The van der Waals surface area contributed by atoms with E-state index in [9.17, 15) is 4.79 Å². The van der Waals surface area contributed by atoms with Crippen molar-refractivity contribution in [2.75, 3.05) is 5.32 Å². The average Bonchev–Trinajstić information content (AvgIpc) is 3.06. The number of pyridine rings is 1. The number of hydrogen-bond acceptors (Lipinski definition) is 4. The van der Waals surface area contributed by atoms with E-state index in [0.29, 0.717) is 18.4 Å². The predicted molar refractivity (Wildman–Crippen MR) is 110 cm³/mol. The molecule has 150 valence electrons. The Morgan fingerprint density at radius 3 is 2.75 bits per heavy atom. The molecule has 1 atom stereocenters. The van der Waals surface area contributed by atoms with Crippen LogP contribution in [0.25, 0.3) is 11.2 Å². The molecule has 1 N–H and O–H groups in total. The molecule has 1 saturated carbocycles. The van der Waals surface area contributed by atoms with Crippen molar-refractivity contribution in [2.24, 2.45) is 0 Å². The quantitative estimate of drug-likeness (QED) is 0.736. The van der Waals surface area contributed by atoms with Crippen molar-refractivity contribution in [3.05, 3.63) is 30.0 Å². The van der Waals surface area contributed by atoms with E-state index in [0.717, 1.165) is 54.5 Å². The molecule has 6 heteroatoms. The number of rotatable bonds is 6. The summed E-state index contributed by atoms with van der Waals surface area (Å²) in [7, 11) is 0. The van der Waals surface area contributed by atoms with Crippen LogP contribution in [0.5, 0.6) is 0 Å². The third-order valence-electron chi connectivity index (χ3n) is 5.85. The molecule has 6 nitrogen and oxygen atoms in total. The maximum Gasteiger partial charge on any atom is 0.230 e. The number of imidazole rings is 1. The summed E-state index contributed by atoms with van der Waals surface area (Å²) in [5, 5.41) is 3.01. The fourth-order valence-electron chi connectivity index (χ4n) is 4.16. The minimum atomic E-state index is -0.0742. The van der Waals surface area contributed by atoms with Crippen LogP contribution in [-0.2, 0) is 9.53 Å². The van der Waals surface area contributed by atoms with Gasteiger partial charge in [-0.1, -0.05) is 12.2 Å². The first-order chi connectivity index (χ1) is 13.3. The summed E-state index contributed by atoms with van der Waals surface area (Å²) in [6.07, 6.45) is 6.68. The highest BCUT2D eigenvalue weighted by atomic mass is 16.5. The zero-order valence-electron chi connectivity index (χ0n) is 17.1. The van der Waals surface area contributed by atoms with Crippen molar-refractivity contribution in [1.82, 2.24) is 14.5 Å². The standard InChI is InChI=1S/C22H30N4O2/c1-14(12-17-10-11-22(3,4)28-17)13-19(27)25-21-24-18-9-8-15(2)23-20(18)26(21)16-6-5-7-16/h8-9,16-17H,1,5-7,10-13H2,2-4H3,(H,24,25,27)/t17-/m0/s1. The maximum atomic E-state index is 12.7. The Kier molecular flexibility index (Phi) is 5.00. The topological polar surface area (TPSA) is 69.0 Å². The first-order valence-corrected chi connectivity index (χ1v) is 10.3. The Morgan fingerprint density at radius 1 is 1.32 bits per heavy atom. The molecule has 28 heavy (non-hydrogen) atoms. The molecule has 1 aliphatic heterocycles. The van der Waals surface area contributed by atoms with E-state index in [1.165, 1.54) is 6.42 Å². The summed E-state index contributed by atoms with van der Waals surface area (Å²) >= 11 is 0. The number of hydrogen-bond donors (Lipinski definition) is 1. The van der Waals surface area contributed by atoms with Crippen LogP contribution in [0.3, 0.4) is 0 Å². The Balaban J connectivity index is 1.44. The van der Waals surface area contributed by atoms with Crippen LogP contribution in [0.4, 0.5) is 5.95 Å². The lowest BCUT2D eigenvalue weighted by Crippen LogP contribution is -2.23. The molecule has 2 fully saturated rings. The molecule has 0 unspecified atom stereocenters. The van der Waals surface area contributed by atoms with Gasteiger partial charge in [0.25, 0.3) is 0 Å². The van der Waals surface area contributed by atoms with Crippen molar-refractivity contribution in [1.29, 1.82) is 0 Å². The Labute approximate surface area is 166 Å². The molecule has 0 aromatic carbocycles. The van der Waals surface area contributed by atoms with Crippen molar-refractivity contribution < 1.29 is 9.53 Å². The molecule has 1 saturated heterocycles. The highest BCUT2D eigenvalue weighted by Gasteiger charge is 2.32. The molecule has 2 aromatic rings. The molecule has 0 spiro atoms. The fourth-order valence-corrected chi connectivity index (χ4v) is 4.16. The van der Waals surface area contributed by atoms with Gasteiger partial charge in [-0.2, -0.15) is 0 Å². The van der Waals surface area contributed by atoms with Crippen molar-refractivity contribution in [3.8, 4) is 0 Å². The van der Waals surface area contributed by atoms with Gasteiger partial charge in [-0.15, -0.1) is 0 Å². The summed E-state index contributed by atoms with van der Waals surface area (Å²) in [6.45, 7) is 10.3. The molecule has 0 bridgehead atoms. The normalized spacial score (nSPS) is 21.6. The summed E-state index contributed by atoms with van der Waals surface area (Å²) < 4.78 is 8.13. The third-order valence-corrected chi connectivity index (χ3v) is 5.85. The van der Waals surface area contributed by atoms with Crippen LogP contribution in [0.2, 0.25) is 0 Å². The number of nitrogens with one attached hydrogen (secondary N) is 1. The van der Waals surface area contributed by atoms with Gasteiger partial charge in [-0.3, -0.25) is 14.7 Å². The van der Waals surface area contributed by atoms with Gasteiger partial charge >= 0.3 is 0 Å². The summed E-state index contributed by atoms with van der Waals surface area (Å²) in [6, 6.07) is 4.30. The number of ether oxygens (including phenoxy) is 1. The zero-order chi connectivity index (χ0) is 19.9. The number of carbonyl (C=O) groups excluding carboxylic acids is 1. The molecule has 2 aliphatic rings. The predicted octanol–water partition coefficient (Wildman–Crippen LogP) is 4.70. The minimum absolute atomic E-state index is 0.0635. The van der Waals surface area contributed by atoms with E-state index in [2.05, 4.69) is 40.3 Å². The average molecular weight is 383 g/mol. The van der Waals surface area contributed by atoms with Crippen LogP contribution in [0.1, 0.15) is 70.5 Å². The highest BCUT2D eigenvalue weighted by molar-refractivity contribution is 5.92. The molecular weight excluding hydrogens is 352 g/mol. The van der Waals surface area contributed by atoms with E-state index in [-0.39, 0.29) is 17.6 Å². The first-order valence-electron chi connectivity index (χ1n) is 10.3. The molecule has 0 radical (unpaired) electrons. The number of aromatic nitrogens is 3. The molecule has 3 heterocycles. The SMILES string of the molecule is C=C(CC(=O)Nc1nc2ccc(C)nc2n1C1CCC1)C[C@@H]1CCC(C)(C)O1. The highest BCUT2D eigenvalue weighted by Crippen LogP contribution is 2.37. The first kappa shape index (κ1) is 19.1. The van der Waals surface area contributed by atoms with Gasteiger partial charge in [0, 0.05) is 18.2 Å². The molecule has 1 aliphatic carbocycles. The fraction of sp³-hybridized carbons (Fsp3) is 0.591. The van der Waals surface area contributed by atoms with E-state index in [1.807, 2.05) is 19.1 Å². The van der Waals surface area contributed by atoms with Crippen molar-refractivity contribution >= 4 is 23.0 Å². The van der Waals surface area contributed by atoms with E-state index < -0.39 is 0 Å². The van der Waals surface area contributed by atoms with Crippen molar-refractivity contribution in [3.63, 3.8) is 0 Å². The molecule has 2 aromatic heterocycles. The Morgan fingerprint density at radius 2 is 2.11 bits per heavy atom. The summed E-state index contributed by atoms with van der Waals surface area (Å²) in [5.74, 6) is 0.531. The summed E-state index contributed by atoms with van der Waals surface area (Å²) in [5.41, 5.74) is 3.49. The summed E-state index contributed by atoms with van der Waals surface area (Å²) in [4.78, 5) is 22.0. The van der Waals surface area contributed by atoms with Gasteiger partial charge in [0.15, 0.2) is 5.65 Å². The number of nitrogens with zero attached hydrogens (tertiary/aromatic N) is 3. The second-order valence-corrected chi connectivity index (χ2v) is 8.90. The zero-order valence-corrected chi connectivity index (χ0v) is 17.1. The van der Waals surface area contributed by atoms with Crippen molar-refractivity contribution in [2.45, 2.75) is 83.5 Å². The lowest BCUT2D eigenvalue weighted by atomic mass is 9.93. The number of anilines is 1. The van der Waals surface area contributed by atoms with Crippen LogP contribution < -0.4 is 5.32 Å². The van der Waals surface area contributed by atoms with Gasteiger partial charge in [0.2, 0.25) is 11.9 Å². The van der Waals surface area contributed by atoms with Crippen LogP contribution in [-0.4, -0.2) is 32.1 Å². The number of fused-ring (bicyclic) bond motifs is 1. The number of aryl methyl sites for hydroxylation is 1.